The van der Waals surface area contributed by atoms with Crippen LogP contribution in [-0.4, -0.2) is 109 Å². The lowest BCUT2D eigenvalue weighted by Gasteiger charge is -2.50. The number of aliphatic carboxylic acids is 2. The standard InChI is InChI=1S/C26H33N9O10S2.C2HF3O2/c1-26(2)20(22(37)35(26)45-47(40,41)42)31-21(36)19(16-13-46-24(28)30-16)32-44-18(23(38)39)12-43-15-7-5-14(6-8-15)17-11-34(10-4-9-27)25(29)33(17)3;3-2(4,5)1(6)7/h5-8,11,13,18,20,29H,4,9-10,12,27H2,1-3H3,(H2,28,30)(H,31,36)(H,38,39)(H,40,41,42);(H,6,7)/b29-25?,32-19-;/t18?,20-;/m1./s1. The zero-order valence-corrected chi connectivity index (χ0v) is 29.9. The number of nitrogen functional groups attached to an aromatic ring is 1. The van der Waals surface area contributed by atoms with E-state index in [-0.39, 0.29) is 10.8 Å². The zero-order chi connectivity index (χ0) is 40.8. The molecule has 2 amide bonds. The predicted molar refractivity (Wildman–Crippen MR) is 179 cm³/mol. The van der Waals surface area contributed by atoms with Gasteiger partial charge in [0.15, 0.2) is 10.8 Å². The van der Waals surface area contributed by atoms with Crippen molar-refractivity contribution >= 4 is 56.3 Å². The van der Waals surface area contributed by atoms with Crippen LogP contribution in [0.5, 0.6) is 5.75 Å². The van der Waals surface area contributed by atoms with E-state index in [2.05, 4.69) is 19.7 Å². The molecule has 2 aromatic heterocycles. The van der Waals surface area contributed by atoms with Gasteiger partial charge in [0, 0.05) is 25.2 Å². The van der Waals surface area contributed by atoms with Crippen molar-refractivity contribution < 1.29 is 69.4 Å². The molecule has 26 heteroatoms. The molecule has 1 aliphatic heterocycles. The van der Waals surface area contributed by atoms with Crippen LogP contribution in [0.4, 0.5) is 18.3 Å². The van der Waals surface area contributed by atoms with Gasteiger partial charge in [0.25, 0.3) is 17.9 Å². The minimum absolute atomic E-state index is 0.0505. The van der Waals surface area contributed by atoms with Gasteiger partial charge < -0.3 is 45.7 Å². The van der Waals surface area contributed by atoms with Crippen LogP contribution in [0.15, 0.2) is 41.0 Å². The Morgan fingerprint density at radius 2 is 1.81 bits per heavy atom. The number of rotatable bonds is 15. The Hall–Kier alpha value is -5.57. The minimum atomic E-state index is -5.08. The Balaban J connectivity index is 0.00000102. The van der Waals surface area contributed by atoms with Crippen LogP contribution in [0.1, 0.15) is 26.0 Å². The number of thiazole rings is 1. The van der Waals surface area contributed by atoms with Crippen molar-refractivity contribution in [2.75, 3.05) is 18.9 Å². The number of nitrogens with one attached hydrogen (secondary N) is 2. The van der Waals surface area contributed by atoms with Crippen LogP contribution in [0, 0.1) is 5.41 Å². The van der Waals surface area contributed by atoms with E-state index in [1.54, 1.807) is 40.4 Å². The number of aryl methyl sites for hydroxylation is 1. The number of oxime groups is 1. The van der Waals surface area contributed by atoms with Crippen molar-refractivity contribution in [1.82, 2.24) is 24.5 Å². The van der Waals surface area contributed by atoms with E-state index in [9.17, 15) is 41.1 Å². The molecule has 1 fully saturated rings. The van der Waals surface area contributed by atoms with Crippen LogP contribution < -0.4 is 27.1 Å². The van der Waals surface area contributed by atoms with Crippen LogP contribution >= 0.6 is 11.3 Å². The van der Waals surface area contributed by atoms with E-state index >= 15 is 0 Å². The summed E-state index contributed by atoms with van der Waals surface area (Å²) in [6.45, 7) is 3.29. The molecule has 1 aromatic carbocycles. The monoisotopic (exact) mass is 809 g/mol. The highest BCUT2D eigenvalue weighted by atomic mass is 32.3. The van der Waals surface area contributed by atoms with Gasteiger partial charge in [0.05, 0.1) is 11.2 Å². The number of benzene rings is 1. The minimum Gasteiger partial charge on any atom is -0.489 e. The number of carbonyl (C=O) groups excluding carboxylic acids is 2. The van der Waals surface area contributed by atoms with Crippen molar-refractivity contribution in [1.29, 1.82) is 5.41 Å². The molecule has 0 radical (unpaired) electrons. The van der Waals surface area contributed by atoms with E-state index < -0.39 is 70.3 Å². The summed E-state index contributed by atoms with van der Waals surface area (Å²) in [5.74, 6) is -5.95. The Morgan fingerprint density at radius 1 is 1.20 bits per heavy atom. The number of hydrogen-bond acceptors (Lipinski definition) is 15. The maximum atomic E-state index is 13.2. The SMILES string of the molecule is Cn1c(-c2ccc(OCC(O/N=C(\C(=O)N[C@@H]3C(=O)N(OS(=O)(=O)O)C3(C)C)c3csc(N)n3)C(=O)O)cc2)cn(CCCN)c1=N.O=C(O)C(F)(F)F. The number of nitrogens with zero attached hydrogens (tertiary/aromatic N) is 5. The molecule has 1 saturated heterocycles. The molecule has 0 spiro atoms. The number of halogens is 3. The second kappa shape index (κ2) is 17.1. The molecule has 1 unspecified atom stereocenters. The number of carboxylic acid groups (broad SMARTS) is 2. The van der Waals surface area contributed by atoms with Crippen LogP contribution in [0.2, 0.25) is 0 Å². The first-order chi connectivity index (χ1) is 25.0. The van der Waals surface area contributed by atoms with Crippen molar-refractivity contribution in [3.8, 4) is 17.0 Å². The summed E-state index contributed by atoms with van der Waals surface area (Å²) in [5, 5.41) is 33.0. The Morgan fingerprint density at radius 3 is 2.30 bits per heavy atom. The molecule has 3 heterocycles. The van der Waals surface area contributed by atoms with Crippen LogP contribution in [0.3, 0.4) is 0 Å². The first-order valence-electron chi connectivity index (χ1n) is 15.0. The van der Waals surface area contributed by atoms with Crippen LogP contribution in [0.25, 0.3) is 11.3 Å². The summed E-state index contributed by atoms with van der Waals surface area (Å²) >= 11 is 0.951. The first kappa shape index (κ1) is 42.8. The zero-order valence-electron chi connectivity index (χ0n) is 28.3. The normalized spacial score (nSPS) is 16.1. The number of aromatic nitrogens is 3. The molecule has 54 heavy (non-hydrogen) atoms. The van der Waals surface area contributed by atoms with Gasteiger partial charge in [0.2, 0.25) is 5.62 Å². The number of ether oxygens (including phenoxy) is 1. The molecule has 0 saturated carbocycles. The Kier molecular flexibility index (Phi) is 13.5. The number of carboxylic acids is 2. The molecule has 0 bridgehead atoms. The fourth-order valence-electron chi connectivity index (χ4n) is 4.48. The molecule has 0 aliphatic carbocycles. The third-order valence-corrected chi connectivity index (χ3v) is 8.29. The predicted octanol–water partition coefficient (Wildman–Crippen LogP) is 0.0868. The fraction of sp³-hybridized carbons (Fsp3) is 0.393. The summed E-state index contributed by atoms with van der Waals surface area (Å²) in [5.41, 5.74) is 11.1. The molecule has 296 valence electrons. The van der Waals surface area contributed by atoms with Crippen molar-refractivity contribution in [2.45, 2.75) is 50.7 Å². The third kappa shape index (κ3) is 10.7. The Labute approximate surface area is 306 Å². The summed E-state index contributed by atoms with van der Waals surface area (Å²) < 4.78 is 76.3. The summed E-state index contributed by atoms with van der Waals surface area (Å²) in [7, 11) is -3.26. The highest BCUT2D eigenvalue weighted by Gasteiger charge is 2.58. The van der Waals surface area contributed by atoms with Gasteiger partial charge in [-0.1, -0.05) is 5.16 Å². The second-order valence-electron chi connectivity index (χ2n) is 11.5. The molecule has 21 nitrogen and oxygen atoms in total. The number of imidazole rings is 1. The van der Waals surface area contributed by atoms with Crippen LogP contribution in [-0.2, 0) is 52.3 Å². The largest absolute Gasteiger partial charge is 0.490 e. The van der Waals surface area contributed by atoms with Crippen molar-refractivity contribution in [3.05, 3.63) is 47.2 Å². The van der Waals surface area contributed by atoms with Gasteiger partial charge >= 0.3 is 28.5 Å². The third-order valence-electron chi connectivity index (χ3n) is 7.27. The number of β-lactam (4-membered cyclic amide) rings is 1. The van der Waals surface area contributed by atoms with E-state index in [1.807, 2.05) is 6.20 Å². The van der Waals surface area contributed by atoms with Crippen molar-refractivity contribution in [2.24, 2.45) is 17.9 Å². The van der Waals surface area contributed by atoms with Gasteiger partial charge in [0.1, 0.15) is 24.1 Å². The fourth-order valence-corrected chi connectivity index (χ4v) is 5.48. The lowest BCUT2D eigenvalue weighted by Crippen LogP contribution is -2.76. The summed E-state index contributed by atoms with van der Waals surface area (Å²) in [6.07, 6.45) is -4.22. The number of hydroxylamine groups is 2. The van der Waals surface area contributed by atoms with Gasteiger partial charge in [-0.3, -0.25) is 19.6 Å². The summed E-state index contributed by atoms with van der Waals surface area (Å²) in [6, 6.07) is 5.38. The van der Waals surface area contributed by atoms with E-state index in [0.717, 1.165) is 29.0 Å². The number of carbonyl (C=O) groups is 4. The van der Waals surface area contributed by atoms with E-state index in [1.165, 1.54) is 19.2 Å². The van der Waals surface area contributed by atoms with E-state index in [4.69, 9.17) is 40.9 Å². The molecule has 9 N–H and O–H groups in total. The van der Waals surface area contributed by atoms with Gasteiger partial charge in [-0.15, -0.1) is 15.6 Å². The number of anilines is 1. The molecular formula is C28H34F3N9O12S2. The van der Waals surface area contributed by atoms with E-state index in [0.29, 0.717) is 29.5 Å². The average molecular weight is 810 g/mol. The summed E-state index contributed by atoms with van der Waals surface area (Å²) in [4.78, 5) is 55.7. The van der Waals surface area contributed by atoms with Gasteiger partial charge in [-0.2, -0.15) is 26.7 Å². The van der Waals surface area contributed by atoms with Crippen molar-refractivity contribution in [3.63, 3.8) is 0 Å². The number of amides is 2. The molecule has 3 aromatic rings. The molecule has 4 rings (SSSR count). The smallest absolute Gasteiger partial charge is 0.489 e. The lowest BCUT2D eigenvalue weighted by molar-refractivity contribution is -0.218. The highest BCUT2D eigenvalue weighted by Crippen LogP contribution is 2.33. The topological polar surface area (TPSA) is 317 Å². The molecular weight excluding hydrogens is 775 g/mol. The maximum Gasteiger partial charge on any atom is 0.490 e. The average Bonchev–Trinajstić information content (AvgIpc) is 3.63. The molecule has 2 atom stereocenters. The molecule has 1 aliphatic rings. The quantitative estimate of drug-likeness (QED) is 0.0463. The van der Waals surface area contributed by atoms with Gasteiger partial charge in [-0.05, 0) is 56.6 Å². The Bertz CT molecular complexity index is 2060. The van der Waals surface area contributed by atoms with Gasteiger partial charge in [-0.25, -0.2) is 14.6 Å². The highest BCUT2D eigenvalue weighted by molar-refractivity contribution is 7.80. The number of alkyl halides is 3. The maximum absolute atomic E-state index is 13.2. The number of hydrogen-bond donors (Lipinski definition) is 7. The first-order valence-corrected chi connectivity index (χ1v) is 17.3. The lowest BCUT2D eigenvalue weighted by atomic mass is 9.84. The number of nitrogens with two attached hydrogens (primary N) is 2. The second-order valence-corrected chi connectivity index (χ2v) is 13.4.